The first-order valence-corrected chi connectivity index (χ1v) is 15.8. The molecule has 3 aromatic heterocycles. The number of nitrogens with zero attached hydrogens (tertiary/aromatic N) is 5. The first-order valence-electron chi connectivity index (χ1n) is 15.0. The molecule has 2 atom stereocenters. The minimum absolute atomic E-state index is 0.154. The molecule has 1 aromatic carbocycles. The van der Waals surface area contributed by atoms with Crippen LogP contribution in [-0.2, 0) is 17.9 Å². The molecule has 2 amide bonds. The van der Waals surface area contributed by atoms with Crippen molar-refractivity contribution in [1.29, 1.82) is 5.26 Å². The van der Waals surface area contributed by atoms with E-state index >= 15 is 0 Å². The van der Waals surface area contributed by atoms with Crippen LogP contribution in [0.2, 0.25) is 0 Å². The number of aromatic nitrogens is 3. The van der Waals surface area contributed by atoms with Crippen LogP contribution in [0, 0.1) is 16.7 Å². The van der Waals surface area contributed by atoms with Crippen molar-refractivity contribution in [2.24, 2.45) is 5.41 Å². The van der Waals surface area contributed by atoms with Gasteiger partial charge in [0.05, 0.1) is 33.0 Å². The minimum atomic E-state index is -0.301. The van der Waals surface area contributed by atoms with Crippen molar-refractivity contribution in [3.63, 3.8) is 0 Å². The number of carbonyl (C=O) groups is 2. The summed E-state index contributed by atoms with van der Waals surface area (Å²) in [6, 6.07) is 12.1. The molecule has 4 heterocycles. The summed E-state index contributed by atoms with van der Waals surface area (Å²) in [5, 5.41) is 16.3. The number of nitrogens with one attached hydrogen (secondary N) is 2. The zero-order valence-electron chi connectivity index (χ0n) is 25.9. The molecule has 0 bridgehead atoms. The van der Waals surface area contributed by atoms with Gasteiger partial charge in [0.1, 0.15) is 11.6 Å². The van der Waals surface area contributed by atoms with Crippen molar-refractivity contribution < 1.29 is 14.0 Å². The summed E-state index contributed by atoms with van der Waals surface area (Å²) in [4.78, 5) is 38.9. The second-order valence-electron chi connectivity index (χ2n) is 12.4. The van der Waals surface area contributed by atoms with Crippen molar-refractivity contribution >= 4 is 40.1 Å². The Morgan fingerprint density at radius 1 is 1.27 bits per heavy atom. The normalized spacial score (nSPS) is 16.3. The van der Waals surface area contributed by atoms with Crippen LogP contribution in [-0.4, -0.2) is 49.9 Å². The smallest absolute Gasteiger partial charge is 0.268 e. The van der Waals surface area contributed by atoms with Gasteiger partial charge in [-0.25, -0.2) is 9.97 Å². The molecule has 1 aliphatic rings. The molecule has 4 aromatic rings. The number of benzene rings is 1. The van der Waals surface area contributed by atoms with E-state index in [2.05, 4.69) is 41.6 Å². The first kappa shape index (κ1) is 31.2. The quantitative estimate of drug-likeness (QED) is 0.157. The van der Waals surface area contributed by atoms with Gasteiger partial charge in [0.25, 0.3) is 11.8 Å². The van der Waals surface area contributed by atoms with Crippen molar-refractivity contribution in [2.45, 2.75) is 79.1 Å². The Kier molecular flexibility index (Phi) is 9.32. The number of amides is 2. The molecule has 0 radical (unpaired) electrons. The Hall–Kier alpha value is -4.27. The van der Waals surface area contributed by atoms with Crippen LogP contribution in [0.3, 0.4) is 0 Å². The standard InChI is InChI=1S/C33H39N7O3S/c1-6-21(2)36-17-22-9-10-26-25(14-22)37-32(38-30(41)29-12-11-28(44-29)27-18-35-20-43-27)40(26)19-24-8-7-13-39(24)31(42)23(16-34)15-33(3,4)5/h9-12,14-15,18,20-21,24,36H,6-8,13,17,19H2,1-5H3,(H,37,38,41)/t21-,24+/m0/s1. The summed E-state index contributed by atoms with van der Waals surface area (Å²) in [6.45, 7) is 11.9. The van der Waals surface area contributed by atoms with Crippen molar-refractivity contribution in [3.8, 4) is 16.7 Å². The molecule has 2 N–H and O–H groups in total. The number of hydrogen-bond donors (Lipinski definition) is 2. The van der Waals surface area contributed by atoms with Crippen molar-refractivity contribution in [3.05, 3.63) is 65.0 Å². The fraction of sp³-hybridized carbons (Fsp3) is 0.424. The highest BCUT2D eigenvalue weighted by Crippen LogP contribution is 2.30. The molecule has 1 aliphatic heterocycles. The largest absolute Gasteiger partial charge is 0.443 e. The molecule has 5 rings (SSSR count). The van der Waals surface area contributed by atoms with Gasteiger partial charge in [-0.05, 0) is 61.4 Å². The summed E-state index contributed by atoms with van der Waals surface area (Å²) < 4.78 is 7.37. The molecule has 0 saturated carbocycles. The van der Waals surface area contributed by atoms with E-state index in [1.807, 2.05) is 43.5 Å². The van der Waals surface area contributed by atoms with E-state index in [-0.39, 0.29) is 28.8 Å². The second-order valence-corrected chi connectivity index (χ2v) is 13.5. The number of anilines is 1. The van der Waals surface area contributed by atoms with Gasteiger partial charge in [0, 0.05) is 25.7 Å². The number of carbonyl (C=O) groups excluding carboxylic acids is 2. The lowest BCUT2D eigenvalue weighted by Crippen LogP contribution is -2.39. The highest BCUT2D eigenvalue weighted by molar-refractivity contribution is 7.17. The van der Waals surface area contributed by atoms with Gasteiger partial charge in [0.2, 0.25) is 5.95 Å². The molecule has 11 heteroatoms. The number of imidazole rings is 1. The SMILES string of the molecule is CC[C@H](C)NCc1ccc2c(c1)nc(NC(=O)c1ccc(-c3cnco3)s1)n2C[C@H]1CCCN1C(=O)C(C#N)=CC(C)(C)C. The van der Waals surface area contributed by atoms with E-state index in [0.29, 0.717) is 42.3 Å². The Morgan fingerprint density at radius 3 is 2.80 bits per heavy atom. The minimum Gasteiger partial charge on any atom is -0.443 e. The van der Waals surface area contributed by atoms with Crippen LogP contribution in [0.5, 0.6) is 0 Å². The molecule has 1 fully saturated rings. The molecule has 0 unspecified atom stereocenters. The van der Waals surface area contributed by atoms with Crippen LogP contribution in [0.4, 0.5) is 5.95 Å². The second kappa shape index (κ2) is 13.2. The number of rotatable bonds is 10. The Bertz CT molecular complexity index is 1700. The molecular formula is C33H39N7O3S. The van der Waals surface area contributed by atoms with Crippen LogP contribution in [0.1, 0.15) is 69.1 Å². The molecule has 0 aliphatic carbocycles. The fourth-order valence-electron chi connectivity index (χ4n) is 5.33. The maximum atomic E-state index is 13.5. The lowest BCUT2D eigenvalue weighted by atomic mass is 9.93. The fourth-order valence-corrected chi connectivity index (χ4v) is 6.18. The van der Waals surface area contributed by atoms with E-state index in [0.717, 1.165) is 40.7 Å². The van der Waals surface area contributed by atoms with E-state index in [9.17, 15) is 14.9 Å². The summed E-state index contributed by atoms with van der Waals surface area (Å²) >= 11 is 1.31. The summed E-state index contributed by atoms with van der Waals surface area (Å²) in [5.41, 5.74) is 2.58. The average molecular weight is 614 g/mol. The number of likely N-dealkylation sites (tertiary alicyclic amines) is 1. The van der Waals surface area contributed by atoms with Gasteiger partial charge in [-0.2, -0.15) is 5.26 Å². The van der Waals surface area contributed by atoms with Gasteiger partial charge in [-0.15, -0.1) is 11.3 Å². The van der Waals surface area contributed by atoms with E-state index < -0.39 is 0 Å². The van der Waals surface area contributed by atoms with E-state index in [4.69, 9.17) is 9.40 Å². The third-order valence-electron chi connectivity index (χ3n) is 7.77. The first-order chi connectivity index (χ1) is 21.1. The van der Waals surface area contributed by atoms with Crippen LogP contribution < -0.4 is 10.6 Å². The highest BCUT2D eigenvalue weighted by Gasteiger charge is 2.32. The van der Waals surface area contributed by atoms with E-state index in [1.54, 1.807) is 23.2 Å². The third-order valence-corrected chi connectivity index (χ3v) is 8.87. The van der Waals surface area contributed by atoms with Crippen molar-refractivity contribution in [1.82, 2.24) is 24.8 Å². The summed E-state index contributed by atoms with van der Waals surface area (Å²) in [6.07, 6.45) is 7.37. The Labute approximate surface area is 261 Å². The average Bonchev–Trinajstić information content (AvgIpc) is 3.81. The zero-order valence-corrected chi connectivity index (χ0v) is 26.7. The number of allylic oxidation sites excluding steroid dienone is 1. The highest BCUT2D eigenvalue weighted by atomic mass is 32.1. The van der Waals surface area contributed by atoms with Gasteiger partial charge in [0.15, 0.2) is 12.2 Å². The number of thiophene rings is 1. The van der Waals surface area contributed by atoms with Crippen molar-refractivity contribution in [2.75, 3.05) is 11.9 Å². The van der Waals surface area contributed by atoms with Gasteiger partial charge < -0.3 is 19.2 Å². The van der Waals surface area contributed by atoms with Crippen LogP contribution in [0.25, 0.3) is 21.7 Å². The molecule has 0 spiro atoms. The maximum absolute atomic E-state index is 13.5. The van der Waals surface area contributed by atoms with Gasteiger partial charge in [-0.3, -0.25) is 14.9 Å². The third kappa shape index (κ3) is 7.09. The zero-order chi connectivity index (χ0) is 31.4. The lowest BCUT2D eigenvalue weighted by molar-refractivity contribution is -0.127. The molecule has 10 nitrogen and oxygen atoms in total. The van der Waals surface area contributed by atoms with Gasteiger partial charge in [-0.1, -0.05) is 39.8 Å². The Balaban J connectivity index is 1.45. The molecule has 230 valence electrons. The van der Waals surface area contributed by atoms with Crippen LogP contribution in [0.15, 0.2) is 59.0 Å². The monoisotopic (exact) mass is 613 g/mol. The molecule has 1 saturated heterocycles. The summed E-state index contributed by atoms with van der Waals surface area (Å²) in [7, 11) is 0. The number of fused-ring (bicyclic) bond motifs is 1. The molecule has 44 heavy (non-hydrogen) atoms. The van der Waals surface area contributed by atoms with Gasteiger partial charge >= 0.3 is 0 Å². The maximum Gasteiger partial charge on any atom is 0.268 e. The number of oxazole rings is 1. The predicted molar refractivity (Wildman–Crippen MR) is 172 cm³/mol. The molecular weight excluding hydrogens is 574 g/mol. The Morgan fingerprint density at radius 2 is 2.09 bits per heavy atom. The number of hydrogen-bond acceptors (Lipinski definition) is 8. The van der Waals surface area contributed by atoms with Crippen LogP contribution >= 0.6 is 11.3 Å². The van der Waals surface area contributed by atoms with E-state index in [1.165, 1.54) is 17.7 Å². The summed E-state index contributed by atoms with van der Waals surface area (Å²) in [5.74, 6) is 0.479. The number of nitriles is 1. The predicted octanol–water partition coefficient (Wildman–Crippen LogP) is 6.38. The topological polar surface area (TPSA) is 129 Å². The lowest BCUT2D eigenvalue weighted by Gasteiger charge is -2.26.